The molecule has 0 spiro atoms. The lowest BCUT2D eigenvalue weighted by Gasteiger charge is -2.39. The van der Waals surface area contributed by atoms with E-state index in [1.807, 2.05) is 49.4 Å². The van der Waals surface area contributed by atoms with Crippen LogP contribution in [-0.2, 0) is 0 Å². The number of carbonyl (C=O) groups is 1. The average Bonchev–Trinajstić information content (AvgIpc) is 2.90. The lowest BCUT2D eigenvalue weighted by Crippen LogP contribution is -2.50. The van der Waals surface area contributed by atoms with Gasteiger partial charge in [0.15, 0.2) is 0 Å². The maximum atomic E-state index is 13.2. The molecule has 2 heterocycles. The molecule has 3 aromatic carbocycles. The molecule has 0 bridgehead atoms. The summed E-state index contributed by atoms with van der Waals surface area (Å²) in [6.07, 6.45) is 0. The minimum Gasteiger partial charge on any atom is -0.336 e. The fraction of sp³-hybridized carbons (Fsp3) is 0.200. The summed E-state index contributed by atoms with van der Waals surface area (Å²) in [7, 11) is 0. The summed E-state index contributed by atoms with van der Waals surface area (Å²) in [6.45, 7) is 4.64. The van der Waals surface area contributed by atoms with Crippen LogP contribution in [0.5, 0.6) is 0 Å². The van der Waals surface area contributed by atoms with E-state index in [0.717, 1.165) is 24.2 Å². The van der Waals surface area contributed by atoms with Crippen molar-refractivity contribution in [1.29, 1.82) is 0 Å². The first-order valence-corrected chi connectivity index (χ1v) is 12.0. The molecule has 1 aliphatic rings. The van der Waals surface area contributed by atoms with E-state index in [4.69, 9.17) is 0 Å². The van der Waals surface area contributed by atoms with Crippen LogP contribution in [-0.4, -0.2) is 46.9 Å². The Morgan fingerprint density at radius 2 is 1.40 bits per heavy atom. The molecule has 176 valence electrons. The smallest absolute Gasteiger partial charge is 0.261 e. The Morgan fingerprint density at radius 1 is 0.771 bits per heavy atom. The fourth-order valence-corrected chi connectivity index (χ4v) is 4.86. The van der Waals surface area contributed by atoms with E-state index in [1.54, 1.807) is 11.0 Å². The number of aryl methyl sites for hydroxylation is 1. The average molecular weight is 464 g/mol. The van der Waals surface area contributed by atoms with E-state index in [0.29, 0.717) is 18.8 Å². The van der Waals surface area contributed by atoms with E-state index in [-0.39, 0.29) is 23.1 Å². The second kappa shape index (κ2) is 10.1. The highest BCUT2D eigenvalue weighted by molar-refractivity contribution is 5.94. The molecule has 1 aliphatic heterocycles. The van der Waals surface area contributed by atoms with E-state index in [9.17, 15) is 9.59 Å². The summed E-state index contributed by atoms with van der Waals surface area (Å²) in [4.78, 5) is 33.1. The highest BCUT2D eigenvalue weighted by Gasteiger charge is 2.29. The van der Waals surface area contributed by atoms with Crippen LogP contribution >= 0.6 is 0 Å². The number of benzene rings is 3. The number of nitrogens with zero attached hydrogens (tertiary/aromatic N) is 2. The molecule has 5 nitrogen and oxygen atoms in total. The highest BCUT2D eigenvalue weighted by Crippen LogP contribution is 2.29. The summed E-state index contributed by atoms with van der Waals surface area (Å²) in [6, 6.07) is 32.5. The largest absolute Gasteiger partial charge is 0.336 e. The zero-order chi connectivity index (χ0) is 24.2. The van der Waals surface area contributed by atoms with Gasteiger partial charge in [-0.05, 0) is 41.8 Å². The van der Waals surface area contributed by atoms with Gasteiger partial charge in [-0.3, -0.25) is 14.5 Å². The van der Waals surface area contributed by atoms with Gasteiger partial charge < -0.3 is 9.88 Å². The van der Waals surface area contributed by atoms with Crippen molar-refractivity contribution in [2.24, 2.45) is 0 Å². The van der Waals surface area contributed by atoms with Crippen molar-refractivity contribution in [2.75, 3.05) is 26.2 Å². The molecule has 1 aromatic heterocycles. The number of aromatic amines is 1. The Labute approximate surface area is 205 Å². The van der Waals surface area contributed by atoms with Gasteiger partial charge in [-0.2, -0.15) is 0 Å². The van der Waals surface area contributed by atoms with Crippen LogP contribution in [0, 0.1) is 6.92 Å². The predicted octanol–water partition coefficient (Wildman–Crippen LogP) is 4.90. The Morgan fingerprint density at radius 3 is 1.97 bits per heavy atom. The van der Waals surface area contributed by atoms with Crippen molar-refractivity contribution in [2.45, 2.75) is 13.0 Å². The van der Waals surface area contributed by atoms with Crippen molar-refractivity contribution >= 4 is 5.91 Å². The Hall–Kier alpha value is -3.96. The van der Waals surface area contributed by atoms with Gasteiger partial charge in [0.25, 0.3) is 11.5 Å². The van der Waals surface area contributed by atoms with Crippen LogP contribution in [0.25, 0.3) is 11.3 Å². The third kappa shape index (κ3) is 4.96. The van der Waals surface area contributed by atoms with E-state index < -0.39 is 0 Å². The van der Waals surface area contributed by atoms with E-state index in [2.05, 4.69) is 58.4 Å². The number of hydrogen-bond donors (Lipinski definition) is 1. The second-order valence-electron chi connectivity index (χ2n) is 9.04. The summed E-state index contributed by atoms with van der Waals surface area (Å²) in [5, 5.41) is 0. The molecule has 35 heavy (non-hydrogen) atoms. The van der Waals surface area contributed by atoms with Gasteiger partial charge in [-0.25, -0.2) is 0 Å². The number of hydrogen-bond acceptors (Lipinski definition) is 3. The number of nitrogens with one attached hydrogen (secondary N) is 1. The second-order valence-corrected chi connectivity index (χ2v) is 9.04. The minimum absolute atomic E-state index is 0.131. The lowest BCUT2D eigenvalue weighted by atomic mass is 9.96. The number of aromatic nitrogens is 1. The molecule has 5 rings (SSSR count). The molecular weight excluding hydrogens is 434 g/mol. The molecule has 1 fully saturated rings. The predicted molar refractivity (Wildman–Crippen MR) is 139 cm³/mol. The minimum atomic E-state index is -0.345. The van der Waals surface area contributed by atoms with Gasteiger partial charge in [0, 0.05) is 31.9 Å². The summed E-state index contributed by atoms with van der Waals surface area (Å²) in [5.41, 5.74) is 5.09. The van der Waals surface area contributed by atoms with Crippen molar-refractivity contribution in [3.8, 4) is 11.3 Å². The number of piperazine rings is 1. The van der Waals surface area contributed by atoms with Crippen LogP contribution < -0.4 is 5.56 Å². The molecule has 1 N–H and O–H groups in total. The molecule has 0 aliphatic carbocycles. The molecule has 4 aromatic rings. The maximum Gasteiger partial charge on any atom is 0.261 e. The van der Waals surface area contributed by atoms with E-state index >= 15 is 0 Å². The van der Waals surface area contributed by atoms with Gasteiger partial charge >= 0.3 is 0 Å². The molecule has 0 unspecified atom stereocenters. The van der Waals surface area contributed by atoms with Crippen molar-refractivity contribution in [3.05, 3.63) is 130 Å². The van der Waals surface area contributed by atoms with Gasteiger partial charge in [0.05, 0.1) is 6.04 Å². The molecule has 0 saturated carbocycles. The maximum absolute atomic E-state index is 13.2. The monoisotopic (exact) mass is 463 g/mol. The molecule has 5 heteroatoms. The van der Waals surface area contributed by atoms with Crippen LogP contribution in [0.3, 0.4) is 0 Å². The number of rotatable bonds is 5. The van der Waals surface area contributed by atoms with Crippen LogP contribution in [0.15, 0.2) is 102 Å². The third-order valence-corrected chi connectivity index (χ3v) is 6.67. The number of pyridine rings is 1. The standard InChI is InChI=1S/C30H29N3O2/c1-22-9-8-14-25(21-22)27-16-15-26(29(34)31-27)30(35)33-19-17-32(18-20-33)28(23-10-4-2-5-11-23)24-12-6-3-7-13-24/h2-16,21,28H,17-20H2,1H3,(H,31,34). The molecule has 1 saturated heterocycles. The van der Waals surface area contributed by atoms with Crippen molar-refractivity contribution in [1.82, 2.24) is 14.8 Å². The first-order chi connectivity index (χ1) is 17.1. The zero-order valence-electron chi connectivity index (χ0n) is 19.9. The third-order valence-electron chi connectivity index (χ3n) is 6.67. The first-order valence-electron chi connectivity index (χ1n) is 12.0. The topological polar surface area (TPSA) is 56.4 Å². The molecule has 0 atom stereocenters. The molecule has 0 radical (unpaired) electrons. The Bertz CT molecular complexity index is 1320. The Kier molecular flexibility index (Phi) is 6.59. The Balaban J connectivity index is 1.32. The lowest BCUT2D eigenvalue weighted by molar-refractivity contribution is 0.0595. The van der Waals surface area contributed by atoms with Gasteiger partial charge in [0.2, 0.25) is 0 Å². The van der Waals surface area contributed by atoms with Crippen LogP contribution in [0.4, 0.5) is 0 Å². The quantitative estimate of drug-likeness (QED) is 0.458. The molecule has 1 amide bonds. The highest BCUT2D eigenvalue weighted by atomic mass is 16.2. The number of carbonyl (C=O) groups excluding carboxylic acids is 1. The van der Waals surface area contributed by atoms with Crippen molar-refractivity contribution in [3.63, 3.8) is 0 Å². The zero-order valence-corrected chi connectivity index (χ0v) is 19.9. The first kappa shape index (κ1) is 22.8. The summed E-state index contributed by atoms with van der Waals surface area (Å²) in [5.74, 6) is -0.210. The molecular formula is C30H29N3O2. The van der Waals surface area contributed by atoms with Crippen LogP contribution in [0.1, 0.15) is 33.1 Å². The number of H-pyrrole nitrogens is 1. The van der Waals surface area contributed by atoms with Gasteiger partial charge in [-0.1, -0.05) is 84.4 Å². The fourth-order valence-electron chi connectivity index (χ4n) is 4.86. The van der Waals surface area contributed by atoms with Gasteiger partial charge in [-0.15, -0.1) is 0 Å². The summed E-state index contributed by atoms with van der Waals surface area (Å²) < 4.78 is 0. The van der Waals surface area contributed by atoms with E-state index in [1.165, 1.54) is 11.1 Å². The van der Waals surface area contributed by atoms with Crippen LogP contribution in [0.2, 0.25) is 0 Å². The number of amides is 1. The van der Waals surface area contributed by atoms with Gasteiger partial charge in [0.1, 0.15) is 5.56 Å². The SMILES string of the molecule is Cc1cccc(-c2ccc(C(=O)N3CCN(C(c4ccccc4)c4ccccc4)CC3)c(=O)[nH]2)c1. The summed E-state index contributed by atoms with van der Waals surface area (Å²) >= 11 is 0. The van der Waals surface area contributed by atoms with Crippen molar-refractivity contribution < 1.29 is 4.79 Å². The normalized spacial score (nSPS) is 14.3.